The zero-order valence-electron chi connectivity index (χ0n) is 17.5. The first kappa shape index (κ1) is 22.1. The molecular formula is C24H20BrN3O3S. The lowest BCUT2D eigenvalue weighted by Gasteiger charge is -2.11. The van der Waals surface area contributed by atoms with Crippen LogP contribution < -0.4 is 9.47 Å². The molecule has 4 rings (SSSR count). The molecule has 4 aromatic rings. The van der Waals surface area contributed by atoms with Crippen molar-refractivity contribution in [3.8, 4) is 28.6 Å². The normalized spacial score (nSPS) is 10.7. The van der Waals surface area contributed by atoms with Gasteiger partial charge in [-0.25, -0.2) is 0 Å². The molecule has 0 amide bonds. The highest BCUT2D eigenvalue weighted by atomic mass is 79.9. The molecule has 162 valence electrons. The van der Waals surface area contributed by atoms with Gasteiger partial charge in [-0.05, 0) is 54.6 Å². The summed E-state index contributed by atoms with van der Waals surface area (Å²) in [6.45, 7) is 0. The van der Waals surface area contributed by atoms with Gasteiger partial charge in [-0.2, -0.15) is 0 Å². The molecule has 0 aliphatic heterocycles. The first-order valence-corrected chi connectivity index (χ1v) is 11.5. The zero-order valence-corrected chi connectivity index (χ0v) is 19.9. The molecule has 3 aromatic carbocycles. The Balaban J connectivity index is 1.69. The average Bonchev–Trinajstić information content (AvgIpc) is 3.27. The van der Waals surface area contributed by atoms with Gasteiger partial charge in [0.05, 0.1) is 20.0 Å². The predicted molar refractivity (Wildman–Crippen MR) is 129 cm³/mol. The number of ether oxygens (including phenoxy) is 2. The second-order valence-electron chi connectivity index (χ2n) is 6.76. The predicted octanol–water partition coefficient (Wildman–Crippen LogP) is 5.69. The minimum Gasteiger partial charge on any atom is -0.497 e. The summed E-state index contributed by atoms with van der Waals surface area (Å²) in [5.74, 6) is 2.44. The van der Waals surface area contributed by atoms with Crippen molar-refractivity contribution in [2.24, 2.45) is 0 Å². The molecule has 0 spiro atoms. The van der Waals surface area contributed by atoms with Crippen molar-refractivity contribution in [3.63, 3.8) is 0 Å². The Morgan fingerprint density at radius 3 is 2.16 bits per heavy atom. The van der Waals surface area contributed by atoms with Crippen LogP contribution in [0.25, 0.3) is 17.1 Å². The van der Waals surface area contributed by atoms with Crippen LogP contribution in [0.1, 0.15) is 10.4 Å². The second-order valence-corrected chi connectivity index (χ2v) is 8.56. The maximum absolute atomic E-state index is 12.8. The number of methoxy groups -OCH3 is 2. The van der Waals surface area contributed by atoms with Crippen LogP contribution in [-0.4, -0.2) is 40.5 Å². The third-order valence-electron chi connectivity index (χ3n) is 4.82. The summed E-state index contributed by atoms with van der Waals surface area (Å²) < 4.78 is 13.3. The smallest absolute Gasteiger partial charge is 0.196 e. The number of hydrogen-bond donors (Lipinski definition) is 0. The highest BCUT2D eigenvalue weighted by Crippen LogP contribution is 2.30. The molecule has 0 aliphatic rings. The van der Waals surface area contributed by atoms with Gasteiger partial charge in [-0.3, -0.25) is 9.36 Å². The number of hydrogen-bond acceptors (Lipinski definition) is 6. The van der Waals surface area contributed by atoms with Crippen molar-refractivity contribution in [3.05, 3.63) is 82.8 Å². The first-order valence-electron chi connectivity index (χ1n) is 9.75. The van der Waals surface area contributed by atoms with E-state index < -0.39 is 0 Å². The van der Waals surface area contributed by atoms with Crippen LogP contribution in [0.5, 0.6) is 11.5 Å². The van der Waals surface area contributed by atoms with Crippen LogP contribution in [0, 0.1) is 0 Å². The molecule has 0 fully saturated rings. The lowest BCUT2D eigenvalue weighted by Crippen LogP contribution is -2.05. The van der Waals surface area contributed by atoms with Crippen LogP contribution in [0.3, 0.4) is 0 Å². The van der Waals surface area contributed by atoms with Crippen LogP contribution in [-0.2, 0) is 0 Å². The summed E-state index contributed by atoms with van der Waals surface area (Å²) in [6, 6.07) is 22.7. The van der Waals surface area contributed by atoms with Gasteiger partial charge in [0.15, 0.2) is 16.8 Å². The van der Waals surface area contributed by atoms with Gasteiger partial charge in [0.1, 0.15) is 11.5 Å². The SMILES string of the molecule is COc1ccc(-c2nnc(SCC(=O)c3ccccc3Br)n2-c2ccc(OC)cc2)cc1. The van der Waals surface area contributed by atoms with E-state index in [1.165, 1.54) is 11.8 Å². The number of rotatable bonds is 8. The minimum absolute atomic E-state index is 0.0118. The molecule has 1 aromatic heterocycles. The summed E-state index contributed by atoms with van der Waals surface area (Å²) in [7, 11) is 3.26. The van der Waals surface area contributed by atoms with E-state index in [-0.39, 0.29) is 11.5 Å². The number of thioether (sulfide) groups is 1. The molecular weight excluding hydrogens is 490 g/mol. The van der Waals surface area contributed by atoms with Gasteiger partial charge in [0.25, 0.3) is 0 Å². The standard InChI is InChI=1S/C24H20BrN3O3S/c1-30-18-11-7-16(8-12-18)23-26-27-24(28(23)17-9-13-19(31-2)14-10-17)32-15-22(29)20-5-3-4-6-21(20)25/h3-14H,15H2,1-2H3. The molecule has 0 N–H and O–H groups in total. The third-order valence-corrected chi connectivity index (χ3v) is 6.44. The summed E-state index contributed by atoms with van der Waals surface area (Å²) in [6.07, 6.45) is 0. The van der Waals surface area contributed by atoms with Crippen molar-refractivity contribution >= 4 is 33.5 Å². The van der Waals surface area contributed by atoms with E-state index in [9.17, 15) is 4.79 Å². The summed E-state index contributed by atoms with van der Waals surface area (Å²) in [4.78, 5) is 12.8. The Labute approximate surface area is 198 Å². The molecule has 0 aliphatic carbocycles. The Morgan fingerprint density at radius 2 is 1.53 bits per heavy atom. The van der Waals surface area contributed by atoms with E-state index in [2.05, 4.69) is 26.1 Å². The van der Waals surface area contributed by atoms with E-state index >= 15 is 0 Å². The number of Topliss-reactive ketones (excluding diaryl/α,β-unsaturated/α-hetero) is 1. The lowest BCUT2D eigenvalue weighted by molar-refractivity contribution is 0.102. The number of nitrogens with zero attached hydrogens (tertiary/aromatic N) is 3. The quantitative estimate of drug-likeness (QED) is 0.224. The van der Waals surface area contributed by atoms with Crippen molar-refractivity contribution in [2.45, 2.75) is 5.16 Å². The molecule has 0 bridgehead atoms. The molecule has 1 heterocycles. The lowest BCUT2D eigenvalue weighted by atomic mass is 10.1. The fourth-order valence-corrected chi connectivity index (χ4v) is 4.49. The second kappa shape index (κ2) is 10.0. The van der Waals surface area contributed by atoms with Gasteiger partial charge < -0.3 is 9.47 Å². The molecule has 0 unspecified atom stereocenters. The van der Waals surface area contributed by atoms with Gasteiger partial charge in [0, 0.05) is 21.3 Å². The molecule has 8 heteroatoms. The Hall–Kier alpha value is -3.10. The molecule has 0 saturated carbocycles. The highest BCUT2D eigenvalue weighted by Gasteiger charge is 2.18. The van der Waals surface area contributed by atoms with Gasteiger partial charge in [-0.15, -0.1) is 10.2 Å². The fraction of sp³-hybridized carbons (Fsp3) is 0.125. The number of benzene rings is 3. The van der Waals surface area contributed by atoms with E-state index in [0.717, 1.165) is 27.2 Å². The average molecular weight is 510 g/mol. The third kappa shape index (κ3) is 4.71. The highest BCUT2D eigenvalue weighted by molar-refractivity contribution is 9.10. The van der Waals surface area contributed by atoms with Crippen LogP contribution in [0.2, 0.25) is 0 Å². The minimum atomic E-state index is 0.0118. The Bertz CT molecular complexity index is 1220. The van der Waals surface area contributed by atoms with Crippen molar-refractivity contribution in [1.29, 1.82) is 0 Å². The number of ketones is 1. The number of halogens is 1. The number of carbonyl (C=O) groups is 1. The summed E-state index contributed by atoms with van der Waals surface area (Å²) >= 11 is 4.80. The topological polar surface area (TPSA) is 66.2 Å². The van der Waals surface area contributed by atoms with Gasteiger partial charge >= 0.3 is 0 Å². The van der Waals surface area contributed by atoms with Crippen molar-refractivity contribution in [2.75, 3.05) is 20.0 Å². The largest absolute Gasteiger partial charge is 0.497 e. The summed E-state index contributed by atoms with van der Waals surface area (Å²) in [5, 5.41) is 9.45. The van der Waals surface area contributed by atoms with E-state index in [0.29, 0.717) is 16.5 Å². The van der Waals surface area contributed by atoms with Gasteiger partial charge in [-0.1, -0.05) is 45.9 Å². The number of carbonyl (C=O) groups excluding carboxylic acids is 1. The first-order chi connectivity index (χ1) is 15.6. The van der Waals surface area contributed by atoms with Crippen molar-refractivity contribution in [1.82, 2.24) is 14.8 Å². The number of aromatic nitrogens is 3. The Kier molecular flexibility index (Phi) is 6.92. The van der Waals surface area contributed by atoms with E-state index in [1.807, 2.05) is 77.4 Å². The van der Waals surface area contributed by atoms with Crippen LogP contribution in [0.4, 0.5) is 0 Å². The molecule has 0 saturated heterocycles. The van der Waals surface area contributed by atoms with Gasteiger partial charge in [0.2, 0.25) is 0 Å². The molecule has 0 radical (unpaired) electrons. The maximum Gasteiger partial charge on any atom is 0.196 e. The van der Waals surface area contributed by atoms with E-state index in [1.54, 1.807) is 14.2 Å². The van der Waals surface area contributed by atoms with E-state index in [4.69, 9.17) is 9.47 Å². The summed E-state index contributed by atoms with van der Waals surface area (Å²) in [5.41, 5.74) is 2.40. The maximum atomic E-state index is 12.8. The molecule has 6 nitrogen and oxygen atoms in total. The van der Waals surface area contributed by atoms with Crippen LogP contribution in [0.15, 0.2) is 82.4 Å². The Morgan fingerprint density at radius 1 is 0.906 bits per heavy atom. The monoisotopic (exact) mass is 509 g/mol. The van der Waals surface area contributed by atoms with Crippen molar-refractivity contribution < 1.29 is 14.3 Å². The molecule has 32 heavy (non-hydrogen) atoms. The fourth-order valence-electron chi connectivity index (χ4n) is 3.15. The van der Waals surface area contributed by atoms with Crippen LogP contribution >= 0.6 is 27.7 Å². The molecule has 0 atom stereocenters. The zero-order chi connectivity index (χ0) is 22.5.